The average Bonchev–Trinajstić information content (AvgIpc) is 4.08. The summed E-state index contributed by atoms with van der Waals surface area (Å²) < 4.78 is 49.9. The zero-order valence-electron chi connectivity index (χ0n) is 44.3. The monoisotopic (exact) mass is 1060 g/mol. The van der Waals surface area contributed by atoms with Crippen LogP contribution in [-0.4, -0.2) is 19.1 Å². The normalized spacial score (nSPS) is 12.7. The molecule has 7 aromatic carbocycles. The van der Waals surface area contributed by atoms with E-state index in [-0.39, 0.29) is 49.9 Å². The van der Waals surface area contributed by atoms with Gasteiger partial charge in [0.05, 0.1) is 20.0 Å². The van der Waals surface area contributed by atoms with Gasteiger partial charge in [-0.3, -0.25) is 9.97 Å². The molecule has 0 N–H and O–H groups in total. The summed E-state index contributed by atoms with van der Waals surface area (Å²) in [7, 11) is 0. The van der Waals surface area contributed by atoms with Crippen molar-refractivity contribution >= 4 is 21.9 Å². The van der Waals surface area contributed by atoms with E-state index in [1.54, 1.807) is 10.6 Å². The minimum Gasteiger partial charge on any atom is -0.501 e. The third-order valence-corrected chi connectivity index (χ3v) is 12.4. The summed E-state index contributed by atoms with van der Waals surface area (Å²) in [4.78, 5) is 9.17. The summed E-state index contributed by atoms with van der Waals surface area (Å²) in [6.45, 7) is 15.2. The second-order valence-electron chi connectivity index (χ2n) is 18.1. The zero-order chi connectivity index (χ0) is 50.3. The smallest absolute Gasteiger partial charge is 0.121 e. The van der Waals surface area contributed by atoms with Crippen molar-refractivity contribution in [1.82, 2.24) is 19.1 Å². The third kappa shape index (κ3) is 9.39. The van der Waals surface area contributed by atoms with Crippen molar-refractivity contribution in [2.75, 3.05) is 0 Å². The predicted molar refractivity (Wildman–Crippen MR) is 275 cm³/mol. The summed E-state index contributed by atoms with van der Waals surface area (Å²) in [6.07, 6.45) is 3.82. The van der Waals surface area contributed by atoms with E-state index in [9.17, 15) is 0 Å². The quantitative estimate of drug-likeness (QED) is 0.128. The third-order valence-electron chi connectivity index (χ3n) is 12.4. The Labute approximate surface area is 417 Å². The van der Waals surface area contributed by atoms with E-state index in [2.05, 4.69) is 174 Å². The Kier molecular flexibility index (Phi) is 12.2. The SMILES string of the molecule is CC(C)c1cccc(C(C)C)c1-n1ccnc1-c1[c-]ccc2c1oc1cc(-c3ccc(-c4ccccc4)cc3)ccc12.[2H]c1nc(-c2[c-]cc(C([2H])([2H])[2H])cc2)n(-c2c(C(C)C)cccc2C(C)C)c1[2H].[Ir]. The van der Waals surface area contributed by atoms with Gasteiger partial charge in [0, 0.05) is 65.7 Å². The Hall–Kier alpha value is -6.59. The van der Waals surface area contributed by atoms with Crippen LogP contribution in [0, 0.1) is 19.0 Å². The Balaban J connectivity index is 0.000000204. The van der Waals surface area contributed by atoms with Crippen LogP contribution in [0.2, 0.25) is 0 Å². The van der Waals surface area contributed by atoms with E-state index in [4.69, 9.17) is 16.3 Å². The number of furan rings is 1. The number of rotatable bonds is 10. The van der Waals surface area contributed by atoms with Gasteiger partial charge in [-0.05, 0) is 74.2 Å². The molecular weight excluding hydrogens is 997 g/mol. The van der Waals surface area contributed by atoms with Crippen molar-refractivity contribution in [2.45, 2.75) is 85.9 Å². The van der Waals surface area contributed by atoms with Gasteiger partial charge in [-0.25, -0.2) is 0 Å². The van der Waals surface area contributed by atoms with Crippen LogP contribution in [0.5, 0.6) is 0 Å². The van der Waals surface area contributed by atoms with Gasteiger partial charge in [-0.1, -0.05) is 176 Å². The number of imidazole rings is 2. The first-order valence-corrected chi connectivity index (χ1v) is 22.9. The summed E-state index contributed by atoms with van der Waals surface area (Å²) in [5, 5.41) is 2.16. The Morgan fingerprint density at radius 2 is 1.15 bits per heavy atom. The van der Waals surface area contributed by atoms with Crippen molar-refractivity contribution in [3.05, 3.63) is 204 Å². The first kappa shape index (κ1) is 40.7. The number of fused-ring (bicyclic) bond motifs is 3. The van der Waals surface area contributed by atoms with Crippen LogP contribution >= 0.6 is 0 Å². The fourth-order valence-corrected chi connectivity index (χ4v) is 8.94. The largest absolute Gasteiger partial charge is 0.501 e. The van der Waals surface area contributed by atoms with Gasteiger partial charge in [0.1, 0.15) is 5.58 Å². The van der Waals surface area contributed by atoms with Crippen LogP contribution in [-0.2, 0) is 20.1 Å². The first-order valence-electron chi connectivity index (χ1n) is 25.4. The fraction of sp³-hybridized carbons (Fsp3) is 0.213. The minimum atomic E-state index is -2.21. The van der Waals surface area contributed by atoms with Crippen molar-refractivity contribution in [1.29, 1.82) is 0 Å². The zero-order valence-corrected chi connectivity index (χ0v) is 41.7. The molecule has 1 radical (unpaired) electrons. The summed E-state index contributed by atoms with van der Waals surface area (Å²) in [5.74, 6) is 2.45. The molecule has 0 unspecified atom stereocenters. The van der Waals surface area contributed by atoms with Crippen LogP contribution in [0.4, 0.5) is 0 Å². The van der Waals surface area contributed by atoms with E-state index in [0.717, 1.165) is 61.3 Å². The molecule has 0 saturated carbocycles. The Morgan fingerprint density at radius 3 is 1.73 bits per heavy atom. The van der Waals surface area contributed by atoms with E-state index < -0.39 is 6.85 Å². The van der Waals surface area contributed by atoms with Crippen molar-refractivity contribution in [2.24, 2.45) is 0 Å². The molecule has 339 valence electrons. The van der Waals surface area contributed by atoms with Crippen molar-refractivity contribution < 1.29 is 31.4 Å². The van der Waals surface area contributed by atoms with E-state index in [1.807, 2.05) is 36.5 Å². The molecule has 3 aromatic heterocycles. The molecule has 3 heterocycles. The number of benzene rings is 7. The second-order valence-corrected chi connectivity index (χ2v) is 18.1. The molecule has 0 amide bonds. The van der Waals surface area contributed by atoms with Gasteiger partial charge in [0.25, 0.3) is 0 Å². The molecule has 0 aliphatic rings. The van der Waals surface area contributed by atoms with Gasteiger partial charge < -0.3 is 13.6 Å². The molecule has 10 rings (SSSR count). The minimum absolute atomic E-state index is 0. The average molecular weight is 1060 g/mol. The topological polar surface area (TPSA) is 48.8 Å². The maximum absolute atomic E-state index is 8.53. The van der Waals surface area contributed by atoms with Gasteiger partial charge in [0.15, 0.2) is 0 Å². The molecule has 0 spiro atoms. The predicted octanol–water partition coefficient (Wildman–Crippen LogP) is 16.7. The molecule has 0 aliphatic heterocycles. The van der Waals surface area contributed by atoms with Crippen LogP contribution < -0.4 is 0 Å². The van der Waals surface area contributed by atoms with Gasteiger partial charge in [-0.15, -0.1) is 53.6 Å². The number of aryl methyl sites for hydroxylation is 1. The van der Waals surface area contributed by atoms with E-state index in [1.165, 1.54) is 40.1 Å². The number of nitrogens with zero attached hydrogens (tertiary/aromatic N) is 4. The summed E-state index contributed by atoms with van der Waals surface area (Å²) in [6, 6.07) is 53.6. The number of para-hydroxylation sites is 2. The Bertz CT molecular complexity index is 3440. The van der Waals surface area contributed by atoms with Gasteiger partial charge >= 0.3 is 0 Å². The van der Waals surface area contributed by atoms with E-state index in [0.29, 0.717) is 23.2 Å². The Morgan fingerprint density at radius 1 is 0.567 bits per heavy atom. The number of hydrogen-bond acceptors (Lipinski definition) is 3. The first-order chi connectivity index (χ1) is 34.0. The second kappa shape index (κ2) is 20.1. The van der Waals surface area contributed by atoms with E-state index >= 15 is 0 Å². The van der Waals surface area contributed by atoms with Crippen LogP contribution in [0.1, 0.15) is 114 Å². The number of aromatic nitrogens is 4. The molecular formula is C61H58IrN4O-2. The van der Waals surface area contributed by atoms with Crippen molar-refractivity contribution in [3.8, 4) is 56.4 Å². The molecule has 0 saturated heterocycles. The van der Waals surface area contributed by atoms with Crippen molar-refractivity contribution in [3.63, 3.8) is 0 Å². The fourth-order valence-electron chi connectivity index (χ4n) is 8.94. The molecule has 0 bridgehead atoms. The summed E-state index contributed by atoms with van der Waals surface area (Å²) >= 11 is 0. The molecule has 0 fully saturated rings. The summed E-state index contributed by atoms with van der Waals surface area (Å²) in [5.41, 5.74) is 14.8. The molecule has 6 heteroatoms. The molecule has 10 aromatic rings. The molecule has 0 aliphatic carbocycles. The van der Waals surface area contributed by atoms with Crippen LogP contribution in [0.25, 0.3) is 78.3 Å². The molecule has 5 nitrogen and oxygen atoms in total. The number of hydrogen-bond donors (Lipinski definition) is 0. The van der Waals surface area contributed by atoms with Gasteiger partial charge in [-0.2, -0.15) is 0 Å². The molecule has 67 heavy (non-hydrogen) atoms. The van der Waals surface area contributed by atoms with Crippen LogP contribution in [0.15, 0.2) is 169 Å². The maximum atomic E-state index is 8.53. The maximum Gasteiger partial charge on any atom is 0.121 e. The van der Waals surface area contributed by atoms with Gasteiger partial charge in [0.2, 0.25) is 0 Å². The standard InChI is InChI=1S/C39H33N2O.C22H25N2.Ir/c1-25(2)31-12-8-13-32(26(3)4)37(31)41-23-22-40-39(41)35-15-9-14-34-33-21-20-30(24-36(33)42-38(34)35)29-18-16-28(17-19-29)27-10-6-5-7-11-27;1-15(2)19-7-6-8-20(16(3)4)21(19)24-14-13-23-22(24)18-11-9-17(5)10-12-18;/h5-14,16-26H,1-4H3;6-11,13-16H,1-5H3;/q2*-1;/i;5D3,13D,14D;. The van der Waals surface area contributed by atoms with Crippen LogP contribution in [0.3, 0.4) is 0 Å². The molecule has 0 atom stereocenters.